The molecule has 1 aliphatic rings. The molecule has 1 aliphatic heterocycles. The van der Waals surface area contributed by atoms with E-state index < -0.39 is 0 Å². The second-order valence-corrected chi connectivity index (χ2v) is 9.32. The fourth-order valence-electron chi connectivity index (χ4n) is 4.72. The van der Waals surface area contributed by atoms with E-state index in [-0.39, 0.29) is 11.5 Å². The first-order valence-electron chi connectivity index (χ1n) is 11.4. The number of rotatable bonds is 8. The molecule has 1 heterocycles. The van der Waals surface area contributed by atoms with Gasteiger partial charge in [-0.05, 0) is 63.0 Å². The van der Waals surface area contributed by atoms with Crippen LogP contribution in [-0.2, 0) is 16.1 Å². The summed E-state index contributed by atoms with van der Waals surface area (Å²) < 4.78 is 6.00. The van der Waals surface area contributed by atoms with Gasteiger partial charge in [0.2, 0.25) is 5.91 Å². The molecule has 2 aromatic carbocycles. The second-order valence-electron chi connectivity index (χ2n) is 9.32. The van der Waals surface area contributed by atoms with Crippen LogP contribution in [-0.4, -0.2) is 29.6 Å². The van der Waals surface area contributed by atoms with E-state index in [1.807, 2.05) is 30.0 Å². The number of ether oxygens (including phenoxy) is 1. The van der Waals surface area contributed by atoms with Crippen molar-refractivity contribution in [3.8, 4) is 0 Å². The Balaban J connectivity index is 1.78. The van der Waals surface area contributed by atoms with Crippen molar-refractivity contribution in [2.75, 3.05) is 13.2 Å². The van der Waals surface area contributed by atoms with Crippen LogP contribution in [0.2, 0.25) is 0 Å². The Kier molecular flexibility index (Phi) is 7.71. The molecule has 2 aromatic rings. The van der Waals surface area contributed by atoms with Crippen LogP contribution in [0.5, 0.6) is 0 Å². The zero-order chi connectivity index (χ0) is 21.6. The molecule has 0 aromatic heterocycles. The van der Waals surface area contributed by atoms with E-state index in [4.69, 9.17) is 4.74 Å². The SMILES string of the molecule is CCC(=O)N(CC[C@@H](c1ccc(C)cc1)[C@H]1CCOC(C)(C)C1)Cc1ccccc1. The highest BCUT2D eigenvalue weighted by molar-refractivity contribution is 5.75. The molecule has 3 rings (SSSR count). The zero-order valence-electron chi connectivity index (χ0n) is 19.1. The van der Waals surface area contributed by atoms with Gasteiger partial charge in [0.15, 0.2) is 0 Å². The van der Waals surface area contributed by atoms with Crippen molar-refractivity contribution in [2.24, 2.45) is 5.92 Å². The monoisotopic (exact) mass is 407 g/mol. The maximum atomic E-state index is 12.7. The van der Waals surface area contributed by atoms with Gasteiger partial charge >= 0.3 is 0 Å². The number of aryl methyl sites for hydroxylation is 1. The first-order chi connectivity index (χ1) is 14.4. The van der Waals surface area contributed by atoms with Gasteiger partial charge in [-0.1, -0.05) is 67.1 Å². The summed E-state index contributed by atoms with van der Waals surface area (Å²) in [7, 11) is 0. The molecule has 0 aliphatic carbocycles. The fourth-order valence-corrected chi connectivity index (χ4v) is 4.72. The number of amides is 1. The standard InChI is InChI=1S/C27H37NO2/c1-5-26(29)28(20-22-9-7-6-8-10-22)17-15-25(23-13-11-21(2)12-14-23)24-16-18-30-27(3,4)19-24/h6-14,24-25H,5,15-20H2,1-4H3/t24-,25-/m0/s1. The van der Waals surface area contributed by atoms with Crippen LogP contribution in [0.4, 0.5) is 0 Å². The molecule has 3 nitrogen and oxygen atoms in total. The lowest BCUT2D eigenvalue weighted by atomic mass is 9.75. The molecule has 2 atom stereocenters. The van der Waals surface area contributed by atoms with Gasteiger partial charge < -0.3 is 9.64 Å². The van der Waals surface area contributed by atoms with E-state index in [0.717, 1.165) is 32.4 Å². The minimum absolute atomic E-state index is 0.0746. The molecule has 1 fully saturated rings. The summed E-state index contributed by atoms with van der Waals surface area (Å²) in [6, 6.07) is 19.3. The molecule has 162 valence electrons. The lowest BCUT2D eigenvalue weighted by molar-refractivity contribution is -0.131. The van der Waals surface area contributed by atoms with Crippen LogP contribution in [0, 0.1) is 12.8 Å². The van der Waals surface area contributed by atoms with E-state index >= 15 is 0 Å². The summed E-state index contributed by atoms with van der Waals surface area (Å²) in [5.74, 6) is 1.25. The first-order valence-corrected chi connectivity index (χ1v) is 11.4. The Bertz CT molecular complexity index is 797. The zero-order valence-corrected chi connectivity index (χ0v) is 19.1. The highest BCUT2D eigenvalue weighted by Crippen LogP contribution is 2.40. The predicted molar refractivity (Wildman–Crippen MR) is 123 cm³/mol. The van der Waals surface area contributed by atoms with Gasteiger partial charge in [0, 0.05) is 26.1 Å². The third-order valence-corrected chi connectivity index (χ3v) is 6.39. The smallest absolute Gasteiger partial charge is 0.222 e. The van der Waals surface area contributed by atoms with Crippen LogP contribution in [0.25, 0.3) is 0 Å². The molecule has 0 bridgehead atoms. The molecular formula is C27H37NO2. The number of benzene rings is 2. The Morgan fingerprint density at radius 1 is 1.13 bits per heavy atom. The van der Waals surface area contributed by atoms with E-state index in [0.29, 0.717) is 24.8 Å². The molecule has 0 unspecified atom stereocenters. The van der Waals surface area contributed by atoms with E-state index in [2.05, 4.69) is 57.2 Å². The van der Waals surface area contributed by atoms with Crippen molar-refractivity contribution < 1.29 is 9.53 Å². The van der Waals surface area contributed by atoms with Crippen LogP contribution in [0.15, 0.2) is 54.6 Å². The average Bonchev–Trinajstić information content (AvgIpc) is 2.74. The van der Waals surface area contributed by atoms with Crippen molar-refractivity contribution >= 4 is 5.91 Å². The van der Waals surface area contributed by atoms with E-state index in [1.54, 1.807) is 0 Å². The van der Waals surface area contributed by atoms with Crippen LogP contribution < -0.4 is 0 Å². The number of carbonyl (C=O) groups is 1. The summed E-state index contributed by atoms with van der Waals surface area (Å²) in [6.45, 7) is 10.8. The lowest BCUT2D eigenvalue weighted by Gasteiger charge is -2.40. The highest BCUT2D eigenvalue weighted by atomic mass is 16.5. The summed E-state index contributed by atoms with van der Waals surface area (Å²) in [4.78, 5) is 14.7. The van der Waals surface area contributed by atoms with Gasteiger partial charge in [0.25, 0.3) is 0 Å². The van der Waals surface area contributed by atoms with E-state index in [1.165, 1.54) is 16.7 Å². The van der Waals surface area contributed by atoms with Gasteiger partial charge in [-0.25, -0.2) is 0 Å². The van der Waals surface area contributed by atoms with Gasteiger partial charge in [-0.3, -0.25) is 4.79 Å². The highest BCUT2D eigenvalue weighted by Gasteiger charge is 2.34. The normalized spacial score (nSPS) is 19.3. The molecule has 0 radical (unpaired) electrons. The predicted octanol–water partition coefficient (Wildman–Crippen LogP) is 6.11. The average molecular weight is 408 g/mol. The molecule has 0 spiro atoms. The molecular weight excluding hydrogens is 370 g/mol. The molecule has 1 saturated heterocycles. The Labute approximate surface area is 182 Å². The van der Waals surface area contributed by atoms with Crippen LogP contribution >= 0.6 is 0 Å². The van der Waals surface area contributed by atoms with Crippen molar-refractivity contribution in [3.05, 3.63) is 71.3 Å². The Morgan fingerprint density at radius 2 is 1.83 bits per heavy atom. The molecule has 30 heavy (non-hydrogen) atoms. The van der Waals surface area contributed by atoms with Gasteiger partial charge in [-0.15, -0.1) is 0 Å². The van der Waals surface area contributed by atoms with Crippen LogP contribution in [0.3, 0.4) is 0 Å². The molecule has 0 N–H and O–H groups in total. The van der Waals surface area contributed by atoms with Gasteiger partial charge in [0.1, 0.15) is 0 Å². The quantitative estimate of drug-likeness (QED) is 0.528. The number of nitrogens with zero attached hydrogens (tertiary/aromatic N) is 1. The fraction of sp³-hybridized carbons (Fsp3) is 0.519. The summed E-state index contributed by atoms with van der Waals surface area (Å²) in [5.41, 5.74) is 3.80. The Morgan fingerprint density at radius 3 is 2.47 bits per heavy atom. The molecule has 0 saturated carbocycles. The number of hydrogen-bond donors (Lipinski definition) is 0. The summed E-state index contributed by atoms with van der Waals surface area (Å²) >= 11 is 0. The maximum Gasteiger partial charge on any atom is 0.222 e. The van der Waals surface area contributed by atoms with Crippen molar-refractivity contribution in [2.45, 2.75) is 71.4 Å². The molecule has 1 amide bonds. The van der Waals surface area contributed by atoms with Crippen molar-refractivity contribution in [3.63, 3.8) is 0 Å². The third kappa shape index (κ3) is 6.18. The number of carbonyl (C=O) groups excluding carboxylic acids is 1. The molecule has 3 heteroatoms. The van der Waals surface area contributed by atoms with Gasteiger partial charge in [-0.2, -0.15) is 0 Å². The Hall–Kier alpha value is -2.13. The van der Waals surface area contributed by atoms with E-state index in [9.17, 15) is 4.79 Å². The largest absolute Gasteiger partial charge is 0.376 e. The summed E-state index contributed by atoms with van der Waals surface area (Å²) in [6.07, 6.45) is 3.68. The van der Waals surface area contributed by atoms with Crippen molar-refractivity contribution in [1.29, 1.82) is 0 Å². The summed E-state index contributed by atoms with van der Waals surface area (Å²) in [5, 5.41) is 0. The van der Waals surface area contributed by atoms with Crippen LogP contribution in [0.1, 0.15) is 69.1 Å². The third-order valence-electron chi connectivity index (χ3n) is 6.39. The maximum absolute atomic E-state index is 12.7. The minimum atomic E-state index is -0.0746. The topological polar surface area (TPSA) is 29.5 Å². The van der Waals surface area contributed by atoms with Gasteiger partial charge in [0.05, 0.1) is 5.60 Å². The second kappa shape index (κ2) is 10.3. The van der Waals surface area contributed by atoms with Crippen molar-refractivity contribution in [1.82, 2.24) is 4.90 Å². The first kappa shape index (κ1) is 22.6. The minimum Gasteiger partial charge on any atom is -0.376 e. The number of hydrogen-bond acceptors (Lipinski definition) is 2. The lowest BCUT2D eigenvalue weighted by Crippen LogP contribution is -2.38.